The maximum Gasteiger partial charge on any atom is 0.124 e. The molecule has 1 aromatic carbocycles. The minimum atomic E-state index is 0.179. The first kappa shape index (κ1) is 21.3. The number of ether oxygens (including phenoxy) is 2. The van der Waals surface area contributed by atoms with E-state index in [1.54, 1.807) is 7.11 Å². The van der Waals surface area contributed by atoms with Gasteiger partial charge in [0, 0.05) is 12.7 Å². The number of nitroso groups, excluding NO2 is 1. The average Bonchev–Trinajstić information content (AvgIpc) is 2.70. The number of fused-ring (bicyclic) bond motifs is 3. The Labute approximate surface area is 170 Å². The maximum atomic E-state index is 11.0. The van der Waals surface area contributed by atoms with E-state index in [9.17, 15) is 4.91 Å². The molecule has 0 spiro atoms. The van der Waals surface area contributed by atoms with Crippen molar-refractivity contribution in [2.75, 3.05) is 20.3 Å². The molecule has 3 unspecified atom stereocenters. The molecular weight excluding hydrogens is 350 g/mol. The first-order chi connectivity index (χ1) is 13.6. The van der Waals surface area contributed by atoms with Crippen LogP contribution in [-0.4, -0.2) is 20.3 Å². The van der Waals surface area contributed by atoms with E-state index < -0.39 is 0 Å². The predicted molar refractivity (Wildman–Crippen MR) is 114 cm³/mol. The summed E-state index contributed by atoms with van der Waals surface area (Å²) in [7, 11) is 1.67. The van der Waals surface area contributed by atoms with Gasteiger partial charge in [0.15, 0.2) is 0 Å². The second-order valence-electron chi connectivity index (χ2n) is 9.04. The molecule has 2 aliphatic rings. The summed E-state index contributed by atoms with van der Waals surface area (Å²) in [5, 5.41) is 3.17. The lowest BCUT2D eigenvalue weighted by Gasteiger charge is -2.52. The molecule has 28 heavy (non-hydrogen) atoms. The number of rotatable bonds is 9. The highest BCUT2D eigenvalue weighted by Crippen LogP contribution is 2.57. The van der Waals surface area contributed by atoms with Crippen molar-refractivity contribution in [3.05, 3.63) is 33.7 Å². The fourth-order valence-electron chi connectivity index (χ4n) is 5.92. The highest BCUT2D eigenvalue weighted by atomic mass is 16.5. The number of benzene rings is 1. The largest absolute Gasteiger partial charge is 0.491 e. The summed E-state index contributed by atoms with van der Waals surface area (Å²) in [4.78, 5) is 11.0. The smallest absolute Gasteiger partial charge is 0.124 e. The summed E-state index contributed by atoms with van der Waals surface area (Å²) in [6.45, 7) is 8.45. The van der Waals surface area contributed by atoms with E-state index in [0.717, 1.165) is 29.6 Å². The summed E-state index contributed by atoms with van der Waals surface area (Å²) >= 11 is 0. The quantitative estimate of drug-likeness (QED) is 0.371. The lowest BCUT2D eigenvalue weighted by atomic mass is 9.53. The molecule has 0 radical (unpaired) electrons. The van der Waals surface area contributed by atoms with Gasteiger partial charge in [-0.2, -0.15) is 4.91 Å². The highest BCUT2D eigenvalue weighted by molar-refractivity contribution is 5.46. The van der Waals surface area contributed by atoms with E-state index in [1.165, 1.54) is 49.7 Å². The molecule has 0 amide bonds. The van der Waals surface area contributed by atoms with E-state index >= 15 is 0 Å². The second kappa shape index (κ2) is 9.39. The van der Waals surface area contributed by atoms with Gasteiger partial charge in [0.2, 0.25) is 0 Å². The average molecular weight is 388 g/mol. The molecule has 0 bridgehead atoms. The Bertz CT molecular complexity index is 674. The highest BCUT2D eigenvalue weighted by Gasteiger charge is 2.46. The van der Waals surface area contributed by atoms with Gasteiger partial charge in [-0.3, -0.25) is 0 Å². The van der Waals surface area contributed by atoms with E-state index in [0.29, 0.717) is 24.5 Å². The third-order valence-electron chi connectivity index (χ3n) is 7.61. The van der Waals surface area contributed by atoms with Gasteiger partial charge in [0.05, 0.1) is 6.61 Å². The van der Waals surface area contributed by atoms with Crippen LogP contribution in [0.2, 0.25) is 0 Å². The standard InChI is InChI=1S/C24H37NO3/c1-5-7-22-20-9-8-17-15-23(28-13-12-27-4)18(16-25-26)14-21(17)19(20)10-11-24(22,3)6-2/h14-15,19-20,22H,5-13,16H2,1-4H3/t19?,20?,22?,24-/m0/s1. The fourth-order valence-corrected chi connectivity index (χ4v) is 5.92. The summed E-state index contributed by atoms with van der Waals surface area (Å²) in [6, 6.07) is 4.43. The summed E-state index contributed by atoms with van der Waals surface area (Å²) in [6.07, 6.45) is 8.85. The van der Waals surface area contributed by atoms with E-state index in [2.05, 4.69) is 38.1 Å². The third-order valence-corrected chi connectivity index (χ3v) is 7.61. The molecule has 1 aromatic rings. The Morgan fingerprint density at radius 3 is 2.71 bits per heavy atom. The van der Waals surface area contributed by atoms with Crippen molar-refractivity contribution < 1.29 is 9.47 Å². The van der Waals surface area contributed by atoms with Crippen molar-refractivity contribution in [1.82, 2.24) is 0 Å². The van der Waals surface area contributed by atoms with Crippen LogP contribution in [0.15, 0.2) is 17.3 Å². The second-order valence-corrected chi connectivity index (χ2v) is 9.04. The normalized spacial score (nSPS) is 29.1. The fraction of sp³-hybridized carbons (Fsp3) is 0.750. The van der Waals surface area contributed by atoms with Crippen molar-refractivity contribution >= 4 is 0 Å². The van der Waals surface area contributed by atoms with Crippen molar-refractivity contribution in [2.45, 2.75) is 78.2 Å². The Kier molecular flexibility index (Phi) is 7.14. The summed E-state index contributed by atoms with van der Waals surface area (Å²) in [5.41, 5.74) is 4.29. The third kappa shape index (κ3) is 4.12. The molecule has 3 rings (SSSR count). The molecule has 4 nitrogen and oxygen atoms in total. The molecule has 4 heteroatoms. The predicted octanol–water partition coefficient (Wildman–Crippen LogP) is 6.25. The van der Waals surface area contributed by atoms with Crippen LogP contribution in [-0.2, 0) is 17.7 Å². The molecule has 156 valence electrons. The zero-order valence-corrected chi connectivity index (χ0v) is 18.1. The minimum absolute atomic E-state index is 0.179. The Morgan fingerprint density at radius 1 is 1.21 bits per heavy atom. The van der Waals surface area contributed by atoms with Gasteiger partial charge < -0.3 is 9.47 Å². The first-order valence-corrected chi connectivity index (χ1v) is 11.1. The molecular formula is C24H37NO3. The van der Waals surface area contributed by atoms with Crippen molar-refractivity contribution in [1.29, 1.82) is 0 Å². The van der Waals surface area contributed by atoms with E-state index in [4.69, 9.17) is 9.47 Å². The summed E-state index contributed by atoms with van der Waals surface area (Å²) < 4.78 is 11.0. The van der Waals surface area contributed by atoms with Crippen LogP contribution < -0.4 is 4.74 Å². The lowest BCUT2D eigenvalue weighted by molar-refractivity contribution is 0.0218. The van der Waals surface area contributed by atoms with E-state index in [1.807, 2.05) is 0 Å². The van der Waals surface area contributed by atoms with Crippen LogP contribution >= 0.6 is 0 Å². The van der Waals surface area contributed by atoms with Gasteiger partial charge in [-0.25, -0.2) is 0 Å². The maximum absolute atomic E-state index is 11.0. The Hall–Kier alpha value is -1.42. The number of hydrogen-bond acceptors (Lipinski definition) is 4. The minimum Gasteiger partial charge on any atom is -0.491 e. The molecule has 0 heterocycles. The molecule has 0 aromatic heterocycles. The van der Waals surface area contributed by atoms with Crippen molar-refractivity contribution in [3.8, 4) is 5.75 Å². The molecule has 1 fully saturated rings. The first-order valence-electron chi connectivity index (χ1n) is 11.1. The monoisotopic (exact) mass is 387 g/mol. The Morgan fingerprint density at radius 2 is 2.04 bits per heavy atom. The molecule has 2 aliphatic carbocycles. The Balaban J connectivity index is 1.92. The van der Waals surface area contributed by atoms with Gasteiger partial charge in [0.1, 0.15) is 18.9 Å². The van der Waals surface area contributed by atoms with Crippen LogP contribution in [0.4, 0.5) is 0 Å². The van der Waals surface area contributed by atoms with Crippen molar-refractivity contribution in [3.63, 3.8) is 0 Å². The van der Waals surface area contributed by atoms with Gasteiger partial charge in [0.25, 0.3) is 0 Å². The molecule has 4 atom stereocenters. The zero-order valence-electron chi connectivity index (χ0n) is 18.1. The lowest BCUT2D eigenvalue weighted by Crippen LogP contribution is -2.42. The number of nitrogens with zero attached hydrogens (tertiary/aromatic N) is 1. The topological polar surface area (TPSA) is 47.9 Å². The van der Waals surface area contributed by atoms with Gasteiger partial charge >= 0.3 is 0 Å². The van der Waals surface area contributed by atoms with Crippen LogP contribution in [0.1, 0.15) is 81.9 Å². The molecule has 0 N–H and O–H groups in total. The SMILES string of the molecule is CCCC1C2CCc3cc(OCCOC)c(CN=O)cc3C2CC[C@]1(C)CC. The summed E-state index contributed by atoms with van der Waals surface area (Å²) in [5.74, 6) is 3.01. The van der Waals surface area contributed by atoms with Gasteiger partial charge in [-0.15, -0.1) is 0 Å². The van der Waals surface area contributed by atoms with Gasteiger partial charge in [-0.1, -0.05) is 38.8 Å². The van der Waals surface area contributed by atoms with E-state index in [-0.39, 0.29) is 6.54 Å². The molecule has 0 saturated heterocycles. The zero-order chi connectivity index (χ0) is 20.1. The molecule has 0 aliphatic heterocycles. The van der Waals surface area contributed by atoms with Crippen LogP contribution in [0.5, 0.6) is 5.75 Å². The van der Waals surface area contributed by atoms with Gasteiger partial charge in [-0.05, 0) is 78.5 Å². The number of methoxy groups -OCH3 is 1. The van der Waals surface area contributed by atoms with Crippen LogP contribution in [0.25, 0.3) is 0 Å². The molecule has 1 saturated carbocycles. The van der Waals surface area contributed by atoms with Crippen LogP contribution in [0, 0.1) is 22.2 Å². The number of hydrogen-bond donors (Lipinski definition) is 0. The number of aryl methyl sites for hydroxylation is 1. The van der Waals surface area contributed by atoms with Crippen LogP contribution in [0.3, 0.4) is 0 Å². The van der Waals surface area contributed by atoms with Crippen molar-refractivity contribution in [2.24, 2.45) is 22.4 Å².